The Bertz CT molecular complexity index is 554. The molecule has 0 N–H and O–H groups in total. The van der Waals surface area contributed by atoms with E-state index in [4.69, 9.17) is 0 Å². The Morgan fingerprint density at radius 2 is 2.12 bits per heavy atom. The molecule has 2 aromatic rings. The van der Waals surface area contributed by atoms with E-state index in [1.54, 1.807) is 6.92 Å². The molecule has 0 unspecified atom stereocenters. The minimum atomic E-state index is -1.14. The van der Waals surface area contributed by atoms with E-state index in [1.807, 2.05) is 0 Å². The molecule has 0 saturated heterocycles. The van der Waals surface area contributed by atoms with Crippen molar-refractivity contribution in [2.45, 2.75) is 6.92 Å². The fourth-order valence-corrected chi connectivity index (χ4v) is 1.85. The van der Waals surface area contributed by atoms with Gasteiger partial charge in [-0.3, -0.25) is 4.79 Å². The van der Waals surface area contributed by atoms with E-state index in [-0.39, 0.29) is 10.4 Å². The van der Waals surface area contributed by atoms with Gasteiger partial charge < -0.3 is 0 Å². The Hall–Kier alpha value is -1.69. The quantitative estimate of drug-likeness (QED) is 0.757. The van der Waals surface area contributed by atoms with Gasteiger partial charge in [-0.05, 0) is 30.6 Å². The van der Waals surface area contributed by atoms with Crippen LogP contribution in [0.3, 0.4) is 0 Å². The van der Waals surface area contributed by atoms with Crippen LogP contribution >= 0.6 is 11.5 Å². The largest absolute Gasteiger partial charge is 0.287 e. The van der Waals surface area contributed by atoms with Crippen molar-refractivity contribution in [2.75, 3.05) is 0 Å². The van der Waals surface area contributed by atoms with Gasteiger partial charge in [-0.1, -0.05) is 10.6 Å². The number of carbonyl (C=O) groups is 1. The molecule has 0 saturated carbocycles. The molecule has 0 radical (unpaired) electrons. The zero-order valence-corrected chi connectivity index (χ0v) is 9.02. The van der Waals surface area contributed by atoms with Crippen molar-refractivity contribution in [3.63, 3.8) is 0 Å². The summed E-state index contributed by atoms with van der Waals surface area (Å²) in [5.74, 6) is -2.77. The molecule has 82 valence electrons. The average molecular weight is 240 g/mol. The highest BCUT2D eigenvalue weighted by Crippen LogP contribution is 2.19. The van der Waals surface area contributed by atoms with Crippen molar-refractivity contribution in [1.82, 2.24) is 9.59 Å². The molecule has 0 atom stereocenters. The van der Waals surface area contributed by atoms with Gasteiger partial charge >= 0.3 is 0 Å². The van der Waals surface area contributed by atoms with Crippen LogP contribution in [-0.2, 0) is 0 Å². The lowest BCUT2D eigenvalue weighted by atomic mass is 10.1. The van der Waals surface area contributed by atoms with Crippen LogP contribution in [0.5, 0.6) is 0 Å². The van der Waals surface area contributed by atoms with Crippen molar-refractivity contribution in [2.24, 2.45) is 0 Å². The van der Waals surface area contributed by atoms with Crippen LogP contribution in [0, 0.1) is 18.6 Å². The van der Waals surface area contributed by atoms with Gasteiger partial charge in [-0.15, -0.1) is 5.10 Å². The number of ketones is 1. The number of hydrogen-bond acceptors (Lipinski definition) is 4. The molecule has 0 amide bonds. The Kier molecular flexibility index (Phi) is 2.74. The summed E-state index contributed by atoms with van der Waals surface area (Å²) < 4.78 is 29.8. The number of nitrogens with zero attached hydrogens (tertiary/aromatic N) is 2. The van der Waals surface area contributed by atoms with E-state index in [1.165, 1.54) is 12.1 Å². The van der Waals surface area contributed by atoms with Gasteiger partial charge in [-0.25, -0.2) is 8.78 Å². The molecule has 0 bridgehead atoms. The van der Waals surface area contributed by atoms with Crippen molar-refractivity contribution in [3.05, 3.63) is 46.0 Å². The number of aryl methyl sites for hydroxylation is 1. The number of benzene rings is 1. The van der Waals surface area contributed by atoms with Crippen LogP contribution in [0.25, 0.3) is 0 Å². The van der Waals surface area contributed by atoms with Crippen LogP contribution in [0.2, 0.25) is 0 Å². The first-order valence-electron chi connectivity index (χ1n) is 4.39. The number of carbonyl (C=O) groups excluding carboxylic acids is 1. The lowest BCUT2D eigenvalue weighted by molar-refractivity contribution is 0.103. The van der Waals surface area contributed by atoms with Crippen LogP contribution in [-0.4, -0.2) is 15.4 Å². The molecule has 1 aromatic carbocycles. The maximum Gasteiger partial charge on any atom is 0.209 e. The van der Waals surface area contributed by atoms with Gasteiger partial charge in [0.1, 0.15) is 4.88 Å². The molecule has 6 heteroatoms. The summed E-state index contributed by atoms with van der Waals surface area (Å²) >= 11 is 0.867. The van der Waals surface area contributed by atoms with Crippen LogP contribution < -0.4 is 0 Å². The van der Waals surface area contributed by atoms with Crippen molar-refractivity contribution >= 4 is 17.3 Å². The second-order valence-electron chi connectivity index (χ2n) is 3.12. The second kappa shape index (κ2) is 4.05. The first-order valence-corrected chi connectivity index (χ1v) is 5.16. The molecule has 1 aromatic heterocycles. The number of rotatable bonds is 2. The molecule has 0 aliphatic carbocycles. The Balaban J connectivity index is 2.50. The third-order valence-corrected chi connectivity index (χ3v) is 2.88. The highest BCUT2D eigenvalue weighted by Gasteiger charge is 2.20. The molecular weight excluding hydrogens is 234 g/mol. The van der Waals surface area contributed by atoms with Gasteiger partial charge in [0.15, 0.2) is 11.6 Å². The molecular formula is C10H6F2N2OS. The van der Waals surface area contributed by atoms with Crippen LogP contribution in [0.4, 0.5) is 8.78 Å². The van der Waals surface area contributed by atoms with Crippen molar-refractivity contribution < 1.29 is 13.6 Å². The Morgan fingerprint density at radius 3 is 2.75 bits per heavy atom. The number of hydrogen-bond donors (Lipinski definition) is 0. The molecule has 1 heterocycles. The van der Waals surface area contributed by atoms with Gasteiger partial charge in [-0.2, -0.15) is 0 Å². The Labute approximate surface area is 93.9 Å². The maximum absolute atomic E-state index is 13.3. The fourth-order valence-electron chi connectivity index (χ4n) is 1.24. The van der Waals surface area contributed by atoms with E-state index in [2.05, 4.69) is 9.59 Å². The summed E-state index contributed by atoms with van der Waals surface area (Å²) in [6.45, 7) is 1.59. The first-order chi connectivity index (χ1) is 7.61. The van der Waals surface area contributed by atoms with E-state index in [9.17, 15) is 13.6 Å². The summed E-state index contributed by atoms with van der Waals surface area (Å²) in [5.41, 5.74) is 0.118. The molecule has 3 nitrogen and oxygen atoms in total. The minimum Gasteiger partial charge on any atom is -0.287 e. The predicted molar refractivity (Wildman–Crippen MR) is 54.4 cm³/mol. The van der Waals surface area contributed by atoms with Crippen LogP contribution in [0.1, 0.15) is 20.9 Å². The summed E-state index contributed by atoms with van der Waals surface area (Å²) in [6.07, 6.45) is 0. The molecule has 0 aliphatic rings. The monoisotopic (exact) mass is 240 g/mol. The normalized spacial score (nSPS) is 10.4. The summed E-state index contributed by atoms with van der Waals surface area (Å²) in [7, 11) is 0. The molecule has 16 heavy (non-hydrogen) atoms. The molecule has 0 fully saturated rings. The Morgan fingerprint density at radius 1 is 1.38 bits per heavy atom. The lowest BCUT2D eigenvalue weighted by Gasteiger charge is -2.00. The van der Waals surface area contributed by atoms with Crippen LogP contribution in [0.15, 0.2) is 18.2 Å². The van der Waals surface area contributed by atoms with Crippen molar-refractivity contribution in [1.29, 1.82) is 0 Å². The zero-order valence-electron chi connectivity index (χ0n) is 8.20. The van der Waals surface area contributed by atoms with E-state index < -0.39 is 17.4 Å². The number of halogens is 2. The second-order valence-corrected chi connectivity index (χ2v) is 3.87. The third-order valence-electron chi connectivity index (χ3n) is 2.05. The first kappa shape index (κ1) is 10.8. The summed E-state index contributed by atoms with van der Waals surface area (Å²) in [4.78, 5) is 12.1. The van der Waals surface area contributed by atoms with Gasteiger partial charge in [0.2, 0.25) is 5.78 Å². The topological polar surface area (TPSA) is 42.9 Å². The van der Waals surface area contributed by atoms with E-state index in [0.29, 0.717) is 5.69 Å². The maximum atomic E-state index is 13.3. The minimum absolute atomic E-state index is 0.226. The van der Waals surface area contributed by atoms with E-state index in [0.717, 1.165) is 17.6 Å². The fraction of sp³-hybridized carbons (Fsp3) is 0.100. The SMILES string of the molecule is Cc1nnsc1C(=O)c1cccc(F)c1F. The standard InChI is InChI=1S/C10H6F2N2OS/c1-5-10(16-14-13-5)9(15)6-3-2-4-7(11)8(6)12/h2-4H,1H3. The summed E-state index contributed by atoms with van der Waals surface area (Å²) in [5, 5.41) is 3.65. The third kappa shape index (κ3) is 1.71. The molecule has 0 aliphatic heterocycles. The smallest absolute Gasteiger partial charge is 0.209 e. The highest BCUT2D eigenvalue weighted by molar-refractivity contribution is 7.08. The number of aromatic nitrogens is 2. The molecule has 2 rings (SSSR count). The van der Waals surface area contributed by atoms with E-state index >= 15 is 0 Å². The predicted octanol–water partition coefficient (Wildman–Crippen LogP) is 2.36. The van der Waals surface area contributed by atoms with Gasteiger partial charge in [0.25, 0.3) is 0 Å². The highest BCUT2D eigenvalue weighted by atomic mass is 32.1. The summed E-state index contributed by atoms with van der Waals surface area (Å²) in [6, 6.07) is 3.49. The van der Waals surface area contributed by atoms with Gasteiger partial charge in [0.05, 0.1) is 11.3 Å². The lowest BCUT2D eigenvalue weighted by Crippen LogP contribution is -2.05. The van der Waals surface area contributed by atoms with Crippen molar-refractivity contribution in [3.8, 4) is 0 Å². The average Bonchev–Trinajstić information content (AvgIpc) is 2.68. The zero-order chi connectivity index (χ0) is 11.7. The molecule has 0 spiro atoms. The van der Waals surface area contributed by atoms with Gasteiger partial charge in [0, 0.05) is 0 Å².